The Morgan fingerprint density at radius 1 is 1.21 bits per heavy atom. The van der Waals surface area contributed by atoms with E-state index >= 15 is 0 Å². The van der Waals surface area contributed by atoms with E-state index in [1.165, 1.54) is 0 Å². The minimum absolute atomic E-state index is 0.0424. The molecule has 112 valence electrons. The van der Waals surface area contributed by atoms with Gasteiger partial charge in [0.25, 0.3) is 0 Å². The second-order valence-electron chi connectivity index (χ2n) is 6.45. The number of carbonyl (C=O) groups excluding carboxylic acids is 1. The Kier molecular flexibility index (Phi) is 6.27. The summed E-state index contributed by atoms with van der Waals surface area (Å²) in [5.41, 5.74) is 0. The lowest BCUT2D eigenvalue weighted by atomic mass is 10.0. The number of amides is 1. The lowest BCUT2D eigenvalue weighted by Crippen LogP contribution is -2.56. The lowest BCUT2D eigenvalue weighted by molar-refractivity contribution is -0.125. The van der Waals surface area contributed by atoms with Crippen LogP contribution >= 0.6 is 0 Å². The molecule has 1 fully saturated rings. The van der Waals surface area contributed by atoms with Gasteiger partial charge in [-0.15, -0.1) is 0 Å². The van der Waals surface area contributed by atoms with Gasteiger partial charge in [0, 0.05) is 30.6 Å². The molecular formula is C15H30N2O2. The molecule has 0 aromatic carbocycles. The van der Waals surface area contributed by atoms with Crippen molar-refractivity contribution in [2.45, 2.75) is 59.7 Å². The molecule has 1 rings (SSSR count). The number of nitrogens with one attached hydrogen (secondary N) is 1. The van der Waals surface area contributed by atoms with Crippen LogP contribution < -0.4 is 5.32 Å². The van der Waals surface area contributed by atoms with Crippen LogP contribution in [0, 0.1) is 11.8 Å². The van der Waals surface area contributed by atoms with E-state index in [2.05, 4.69) is 37.9 Å². The van der Waals surface area contributed by atoms with Gasteiger partial charge in [-0.1, -0.05) is 27.7 Å². The Morgan fingerprint density at radius 3 is 2.16 bits per heavy atom. The quantitative estimate of drug-likeness (QED) is 0.829. The smallest absolute Gasteiger partial charge is 0.222 e. The minimum atomic E-state index is 0.0424. The van der Waals surface area contributed by atoms with E-state index in [1.54, 1.807) is 0 Å². The standard InChI is InChI=1S/C15H30N2O2/c1-10(2)14(16-15(18)11(3)4)7-17-12(5)8-19-9-13(17)6/h10-14H,7-9H2,1-6H3,(H,16,18)/t12-,13+,14?. The topological polar surface area (TPSA) is 41.6 Å². The number of morpholine rings is 1. The van der Waals surface area contributed by atoms with Crippen LogP contribution in [0.1, 0.15) is 41.5 Å². The van der Waals surface area contributed by atoms with Gasteiger partial charge in [0.15, 0.2) is 0 Å². The van der Waals surface area contributed by atoms with Gasteiger partial charge < -0.3 is 10.1 Å². The van der Waals surface area contributed by atoms with Crippen LogP contribution in [-0.2, 0) is 9.53 Å². The maximum atomic E-state index is 11.9. The van der Waals surface area contributed by atoms with Crippen molar-refractivity contribution in [2.24, 2.45) is 11.8 Å². The van der Waals surface area contributed by atoms with Crippen LogP contribution in [0.25, 0.3) is 0 Å². The van der Waals surface area contributed by atoms with Crippen LogP contribution in [0.2, 0.25) is 0 Å². The van der Waals surface area contributed by atoms with Gasteiger partial charge in [-0.05, 0) is 19.8 Å². The fourth-order valence-electron chi connectivity index (χ4n) is 2.39. The normalized spacial score (nSPS) is 26.7. The van der Waals surface area contributed by atoms with Crippen LogP contribution in [0.3, 0.4) is 0 Å². The Bertz CT molecular complexity index is 282. The molecule has 1 aliphatic rings. The second-order valence-corrected chi connectivity index (χ2v) is 6.45. The largest absolute Gasteiger partial charge is 0.378 e. The summed E-state index contributed by atoms with van der Waals surface area (Å²) in [4.78, 5) is 14.4. The van der Waals surface area contributed by atoms with Crippen molar-refractivity contribution in [1.82, 2.24) is 10.2 Å². The molecule has 0 saturated carbocycles. The second kappa shape index (κ2) is 7.25. The lowest BCUT2D eigenvalue weighted by Gasteiger charge is -2.41. The molecule has 1 heterocycles. The Hall–Kier alpha value is -0.610. The van der Waals surface area contributed by atoms with Crippen molar-refractivity contribution < 1.29 is 9.53 Å². The van der Waals surface area contributed by atoms with E-state index in [-0.39, 0.29) is 17.9 Å². The molecule has 4 heteroatoms. The maximum absolute atomic E-state index is 11.9. The minimum Gasteiger partial charge on any atom is -0.378 e. The summed E-state index contributed by atoms with van der Waals surface area (Å²) in [7, 11) is 0. The van der Waals surface area contributed by atoms with E-state index in [0.29, 0.717) is 18.0 Å². The summed E-state index contributed by atoms with van der Waals surface area (Å²) >= 11 is 0. The van der Waals surface area contributed by atoms with Gasteiger partial charge in [-0.2, -0.15) is 0 Å². The van der Waals surface area contributed by atoms with Gasteiger partial charge in [0.2, 0.25) is 5.91 Å². The number of nitrogens with zero attached hydrogens (tertiary/aromatic N) is 1. The molecule has 0 aliphatic carbocycles. The monoisotopic (exact) mass is 270 g/mol. The van der Waals surface area contributed by atoms with E-state index < -0.39 is 0 Å². The third-order valence-electron chi connectivity index (χ3n) is 3.91. The zero-order valence-corrected chi connectivity index (χ0v) is 13.3. The van der Waals surface area contributed by atoms with E-state index in [4.69, 9.17) is 4.74 Å². The molecule has 0 aromatic heterocycles. The molecule has 0 aromatic rings. The van der Waals surface area contributed by atoms with Gasteiger partial charge in [0.1, 0.15) is 0 Å². The number of hydrogen-bond donors (Lipinski definition) is 1. The third-order valence-corrected chi connectivity index (χ3v) is 3.91. The molecule has 0 radical (unpaired) electrons. The Balaban J connectivity index is 2.64. The molecule has 0 bridgehead atoms. The zero-order chi connectivity index (χ0) is 14.6. The summed E-state index contributed by atoms with van der Waals surface area (Å²) in [6.07, 6.45) is 0. The van der Waals surface area contributed by atoms with Crippen molar-refractivity contribution in [3.63, 3.8) is 0 Å². The van der Waals surface area contributed by atoms with Crippen LogP contribution in [0.5, 0.6) is 0 Å². The highest BCUT2D eigenvalue weighted by Gasteiger charge is 2.29. The zero-order valence-electron chi connectivity index (χ0n) is 13.3. The first-order valence-corrected chi connectivity index (χ1v) is 7.46. The summed E-state index contributed by atoms with van der Waals surface area (Å²) in [5, 5.41) is 3.18. The molecule has 0 spiro atoms. The average molecular weight is 270 g/mol. The summed E-state index contributed by atoms with van der Waals surface area (Å²) in [6, 6.07) is 1.04. The summed E-state index contributed by atoms with van der Waals surface area (Å²) in [6.45, 7) is 15.1. The van der Waals surface area contributed by atoms with Gasteiger partial charge in [-0.25, -0.2) is 0 Å². The maximum Gasteiger partial charge on any atom is 0.222 e. The van der Waals surface area contributed by atoms with Gasteiger partial charge in [-0.3, -0.25) is 9.69 Å². The third kappa shape index (κ3) is 4.77. The molecule has 3 atom stereocenters. The summed E-state index contributed by atoms with van der Waals surface area (Å²) in [5.74, 6) is 0.623. The number of rotatable bonds is 5. The molecule has 1 amide bonds. The fraction of sp³-hybridized carbons (Fsp3) is 0.933. The van der Waals surface area contributed by atoms with E-state index in [9.17, 15) is 4.79 Å². The van der Waals surface area contributed by atoms with Crippen molar-refractivity contribution in [3.05, 3.63) is 0 Å². The first-order valence-electron chi connectivity index (χ1n) is 7.46. The van der Waals surface area contributed by atoms with Crippen LogP contribution in [0.4, 0.5) is 0 Å². The molecule has 1 saturated heterocycles. The van der Waals surface area contributed by atoms with Crippen molar-refractivity contribution >= 4 is 5.91 Å². The highest BCUT2D eigenvalue weighted by molar-refractivity contribution is 5.78. The molecule has 1 aliphatic heterocycles. The predicted molar refractivity (Wildman–Crippen MR) is 78.1 cm³/mol. The van der Waals surface area contributed by atoms with Crippen LogP contribution in [-0.4, -0.2) is 48.7 Å². The number of hydrogen-bond acceptors (Lipinski definition) is 3. The van der Waals surface area contributed by atoms with Gasteiger partial charge >= 0.3 is 0 Å². The summed E-state index contributed by atoms with van der Waals surface area (Å²) < 4.78 is 5.56. The SMILES string of the molecule is CC(C)C(=O)NC(CN1[C@H](C)COC[C@@H]1C)C(C)C. The van der Waals surface area contributed by atoms with Gasteiger partial charge in [0.05, 0.1) is 13.2 Å². The molecule has 4 nitrogen and oxygen atoms in total. The Morgan fingerprint density at radius 2 is 1.74 bits per heavy atom. The predicted octanol–water partition coefficient (Wildman–Crippen LogP) is 1.89. The average Bonchev–Trinajstić information content (AvgIpc) is 2.31. The highest BCUT2D eigenvalue weighted by atomic mass is 16.5. The first kappa shape index (κ1) is 16.4. The Labute approximate surface area is 117 Å². The molecule has 1 unspecified atom stereocenters. The molecular weight excluding hydrogens is 240 g/mol. The number of ether oxygens (including phenoxy) is 1. The number of carbonyl (C=O) groups is 1. The van der Waals surface area contributed by atoms with Crippen molar-refractivity contribution in [2.75, 3.05) is 19.8 Å². The van der Waals surface area contributed by atoms with E-state index in [1.807, 2.05) is 13.8 Å². The highest BCUT2D eigenvalue weighted by Crippen LogP contribution is 2.16. The fourth-order valence-corrected chi connectivity index (χ4v) is 2.39. The van der Waals surface area contributed by atoms with Crippen LogP contribution in [0.15, 0.2) is 0 Å². The molecule has 19 heavy (non-hydrogen) atoms. The molecule has 1 N–H and O–H groups in total. The van der Waals surface area contributed by atoms with E-state index in [0.717, 1.165) is 19.8 Å². The van der Waals surface area contributed by atoms with Crippen molar-refractivity contribution in [3.8, 4) is 0 Å². The van der Waals surface area contributed by atoms with Crippen molar-refractivity contribution in [1.29, 1.82) is 0 Å². The first-order chi connectivity index (χ1) is 8.82.